The number of nitrogens with one attached hydrogen (secondary N) is 2. The summed E-state index contributed by atoms with van der Waals surface area (Å²) >= 11 is 0. The summed E-state index contributed by atoms with van der Waals surface area (Å²) < 4.78 is 0. The molecule has 1 fully saturated rings. The van der Waals surface area contributed by atoms with Gasteiger partial charge in [-0.3, -0.25) is 4.79 Å². The highest BCUT2D eigenvalue weighted by Gasteiger charge is 2.22. The number of piperidine rings is 1. The second-order valence-corrected chi connectivity index (χ2v) is 6.12. The molecule has 0 aliphatic carbocycles. The SMILES string of the molecule is Cl.O=C(NCC(c1ccccc1)c1ccccc1)C1CCCCN1. The zero-order valence-corrected chi connectivity index (χ0v) is 14.6. The maximum atomic E-state index is 12.4. The summed E-state index contributed by atoms with van der Waals surface area (Å²) in [6.07, 6.45) is 3.24. The van der Waals surface area contributed by atoms with Crippen LogP contribution < -0.4 is 10.6 Å². The molecule has 1 atom stereocenters. The topological polar surface area (TPSA) is 41.1 Å². The molecule has 1 saturated heterocycles. The van der Waals surface area contributed by atoms with Crippen molar-refractivity contribution in [2.24, 2.45) is 0 Å². The Bertz CT molecular complexity index is 573. The molecule has 1 heterocycles. The van der Waals surface area contributed by atoms with Crippen LogP contribution in [0.5, 0.6) is 0 Å². The first kappa shape index (κ1) is 18.5. The average molecular weight is 345 g/mol. The summed E-state index contributed by atoms with van der Waals surface area (Å²) in [6, 6.07) is 20.7. The van der Waals surface area contributed by atoms with Crippen LogP contribution in [0.15, 0.2) is 60.7 Å². The highest BCUT2D eigenvalue weighted by Crippen LogP contribution is 2.23. The van der Waals surface area contributed by atoms with Crippen LogP contribution in [0.4, 0.5) is 0 Å². The van der Waals surface area contributed by atoms with Crippen LogP contribution in [-0.2, 0) is 4.79 Å². The third-order valence-corrected chi connectivity index (χ3v) is 4.51. The van der Waals surface area contributed by atoms with Gasteiger partial charge in [-0.15, -0.1) is 12.4 Å². The van der Waals surface area contributed by atoms with Gasteiger partial charge in [0.2, 0.25) is 5.91 Å². The van der Waals surface area contributed by atoms with Crippen LogP contribution in [0.25, 0.3) is 0 Å². The molecule has 0 bridgehead atoms. The van der Waals surface area contributed by atoms with E-state index in [1.807, 2.05) is 12.1 Å². The minimum Gasteiger partial charge on any atom is -0.354 e. The Morgan fingerprint density at radius 2 is 1.58 bits per heavy atom. The molecule has 1 aliphatic heterocycles. The molecule has 128 valence electrons. The summed E-state index contributed by atoms with van der Waals surface area (Å²) in [5.41, 5.74) is 2.46. The molecule has 0 spiro atoms. The van der Waals surface area contributed by atoms with Crippen LogP contribution in [0.1, 0.15) is 36.3 Å². The Hall–Kier alpha value is -1.84. The van der Waals surface area contributed by atoms with Gasteiger partial charge >= 0.3 is 0 Å². The predicted octanol–water partition coefficient (Wildman–Crippen LogP) is 3.50. The van der Waals surface area contributed by atoms with Gasteiger partial charge in [0, 0.05) is 12.5 Å². The Morgan fingerprint density at radius 3 is 2.08 bits per heavy atom. The van der Waals surface area contributed by atoms with Crippen molar-refractivity contribution in [3.8, 4) is 0 Å². The van der Waals surface area contributed by atoms with Gasteiger partial charge in [0.1, 0.15) is 0 Å². The van der Waals surface area contributed by atoms with Gasteiger partial charge < -0.3 is 10.6 Å². The first-order valence-electron chi connectivity index (χ1n) is 8.45. The van der Waals surface area contributed by atoms with Gasteiger partial charge in [-0.1, -0.05) is 67.1 Å². The van der Waals surface area contributed by atoms with Crippen LogP contribution in [0.2, 0.25) is 0 Å². The normalized spacial score (nSPS) is 17.1. The number of rotatable bonds is 5. The molecule has 3 rings (SSSR count). The predicted molar refractivity (Wildman–Crippen MR) is 101 cm³/mol. The zero-order valence-electron chi connectivity index (χ0n) is 13.8. The molecule has 0 saturated carbocycles. The summed E-state index contributed by atoms with van der Waals surface area (Å²) in [5.74, 6) is 0.312. The van der Waals surface area contributed by atoms with Crippen LogP contribution in [-0.4, -0.2) is 25.0 Å². The van der Waals surface area contributed by atoms with Gasteiger partial charge in [-0.25, -0.2) is 0 Å². The lowest BCUT2D eigenvalue weighted by atomic mass is 9.91. The maximum absolute atomic E-state index is 12.4. The van der Waals surface area contributed by atoms with Crippen molar-refractivity contribution in [3.05, 3.63) is 71.8 Å². The molecular formula is C20H25ClN2O. The highest BCUT2D eigenvalue weighted by molar-refractivity contribution is 5.85. The number of carbonyl (C=O) groups excluding carboxylic acids is 1. The zero-order chi connectivity index (χ0) is 15.9. The second-order valence-electron chi connectivity index (χ2n) is 6.12. The molecule has 2 aromatic rings. The lowest BCUT2D eigenvalue weighted by molar-refractivity contribution is -0.123. The standard InChI is InChI=1S/C20H24N2O.ClH/c23-20(19-13-7-8-14-21-19)22-15-18(16-9-3-1-4-10-16)17-11-5-2-6-12-17;/h1-6,9-12,18-19,21H,7-8,13-15H2,(H,22,23);1H. The van der Waals surface area contributed by atoms with E-state index >= 15 is 0 Å². The largest absolute Gasteiger partial charge is 0.354 e. The van der Waals surface area contributed by atoms with Crippen molar-refractivity contribution >= 4 is 18.3 Å². The summed E-state index contributed by atoms with van der Waals surface area (Å²) in [6.45, 7) is 1.57. The number of carbonyl (C=O) groups is 1. The van der Waals surface area contributed by atoms with Crippen molar-refractivity contribution < 1.29 is 4.79 Å². The van der Waals surface area contributed by atoms with E-state index in [1.54, 1.807) is 0 Å². The fourth-order valence-corrected chi connectivity index (χ4v) is 3.20. The molecule has 4 heteroatoms. The van der Waals surface area contributed by atoms with Crippen molar-refractivity contribution in [1.82, 2.24) is 10.6 Å². The minimum absolute atomic E-state index is 0. The van der Waals surface area contributed by atoms with Gasteiger partial charge in [0.15, 0.2) is 0 Å². The third kappa shape index (κ3) is 4.83. The van der Waals surface area contributed by atoms with Crippen molar-refractivity contribution in [3.63, 3.8) is 0 Å². The Kier molecular flexibility index (Phi) is 7.29. The van der Waals surface area contributed by atoms with E-state index in [4.69, 9.17) is 0 Å². The smallest absolute Gasteiger partial charge is 0.237 e. The molecule has 3 nitrogen and oxygen atoms in total. The maximum Gasteiger partial charge on any atom is 0.237 e. The van der Waals surface area contributed by atoms with E-state index in [9.17, 15) is 4.79 Å². The van der Waals surface area contributed by atoms with E-state index in [1.165, 1.54) is 17.5 Å². The molecule has 24 heavy (non-hydrogen) atoms. The minimum atomic E-state index is -0.0315. The Labute approximate surface area is 150 Å². The van der Waals surface area contributed by atoms with E-state index in [0.29, 0.717) is 6.54 Å². The Balaban J connectivity index is 0.00000208. The molecular weight excluding hydrogens is 320 g/mol. The van der Waals surface area contributed by atoms with Gasteiger partial charge in [-0.05, 0) is 30.5 Å². The van der Waals surface area contributed by atoms with Crippen LogP contribution in [0.3, 0.4) is 0 Å². The quantitative estimate of drug-likeness (QED) is 0.871. The molecule has 1 aliphatic rings. The molecule has 2 N–H and O–H groups in total. The fraction of sp³-hybridized carbons (Fsp3) is 0.350. The van der Waals surface area contributed by atoms with E-state index in [-0.39, 0.29) is 30.3 Å². The van der Waals surface area contributed by atoms with Crippen molar-refractivity contribution in [1.29, 1.82) is 0 Å². The monoisotopic (exact) mass is 344 g/mol. The fourth-order valence-electron chi connectivity index (χ4n) is 3.20. The summed E-state index contributed by atoms with van der Waals surface area (Å²) in [4.78, 5) is 12.4. The average Bonchev–Trinajstić information content (AvgIpc) is 2.64. The highest BCUT2D eigenvalue weighted by atomic mass is 35.5. The van der Waals surface area contributed by atoms with Crippen LogP contribution in [0, 0.1) is 0 Å². The third-order valence-electron chi connectivity index (χ3n) is 4.51. The number of benzene rings is 2. The number of amides is 1. The summed E-state index contributed by atoms with van der Waals surface area (Å²) in [5, 5.41) is 6.46. The number of halogens is 1. The molecule has 1 unspecified atom stereocenters. The molecule has 0 radical (unpaired) electrons. The molecule has 2 aromatic carbocycles. The van der Waals surface area contributed by atoms with E-state index in [0.717, 1.165) is 19.4 Å². The van der Waals surface area contributed by atoms with E-state index in [2.05, 4.69) is 59.2 Å². The number of hydrogen-bond donors (Lipinski definition) is 2. The van der Waals surface area contributed by atoms with E-state index < -0.39 is 0 Å². The first-order chi connectivity index (χ1) is 11.3. The summed E-state index contributed by atoms with van der Waals surface area (Å²) in [7, 11) is 0. The van der Waals surface area contributed by atoms with Gasteiger partial charge in [0.05, 0.1) is 6.04 Å². The molecule has 1 amide bonds. The number of hydrogen-bond acceptors (Lipinski definition) is 2. The molecule has 0 aromatic heterocycles. The Morgan fingerprint density at radius 1 is 1.00 bits per heavy atom. The first-order valence-corrected chi connectivity index (χ1v) is 8.45. The van der Waals surface area contributed by atoms with Crippen molar-refractivity contribution in [2.75, 3.05) is 13.1 Å². The lowest BCUT2D eigenvalue weighted by Crippen LogP contribution is -2.47. The van der Waals surface area contributed by atoms with Gasteiger partial charge in [-0.2, -0.15) is 0 Å². The second kappa shape index (κ2) is 9.45. The van der Waals surface area contributed by atoms with Crippen molar-refractivity contribution in [2.45, 2.75) is 31.2 Å². The lowest BCUT2D eigenvalue weighted by Gasteiger charge is -2.24. The van der Waals surface area contributed by atoms with Crippen LogP contribution >= 0.6 is 12.4 Å². The van der Waals surface area contributed by atoms with Gasteiger partial charge in [0.25, 0.3) is 0 Å².